The van der Waals surface area contributed by atoms with Crippen LogP contribution in [0.3, 0.4) is 0 Å². The summed E-state index contributed by atoms with van der Waals surface area (Å²) in [5.74, 6) is 1.11. The monoisotopic (exact) mass is 399 g/mol. The van der Waals surface area contributed by atoms with Gasteiger partial charge in [-0.3, -0.25) is 9.79 Å². The highest BCUT2D eigenvalue weighted by Gasteiger charge is 2.19. The molecule has 0 saturated carbocycles. The fourth-order valence-electron chi connectivity index (χ4n) is 4.15. The number of benzene rings is 1. The lowest BCUT2D eigenvalue weighted by Crippen LogP contribution is -2.42. The SMILES string of the molecule is CCNC(=NCCCC(=O)N1CCc2ccccc2C1)NCCN1CCCCC1. The minimum Gasteiger partial charge on any atom is -0.357 e. The average Bonchev–Trinajstić information content (AvgIpc) is 2.77. The molecule has 0 aliphatic carbocycles. The summed E-state index contributed by atoms with van der Waals surface area (Å²) in [6, 6.07) is 8.45. The van der Waals surface area contributed by atoms with Gasteiger partial charge in [-0.25, -0.2) is 0 Å². The number of likely N-dealkylation sites (tertiary alicyclic amines) is 1. The molecule has 0 bridgehead atoms. The van der Waals surface area contributed by atoms with Crippen molar-refractivity contribution in [3.63, 3.8) is 0 Å². The van der Waals surface area contributed by atoms with Crippen molar-refractivity contribution in [1.29, 1.82) is 0 Å². The van der Waals surface area contributed by atoms with Gasteiger partial charge in [-0.2, -0.15) is 0 Å². The second-order valence-electron chi connectivity index (χ2n) is 8.03. The third-order valence-electron chi connectivity index (χ3n) is 5.82. The zero-order chi connectivity index (χ0) is 20.3. The highest BCUT2D eigenvalue weighted by Crippen LogP contribution is 2.19. The van der Waals surface area contributed by atoms with Gasteiger partial charge in [0.1, 0.15) is 0 Å². The minimum atomic E-state index is 0.248. The fraction of sp³-hybridized carbons (Fsp3) is 0.652. The summed E-state index contributed by atoms with van der Waals surface area (Å²) in [6.45, 7) is 9.61. The van der Waals surface area contributed by atoms with Gasteiger partial charge >= 0.3 is 0 Å². The third-order valence-corrected chi connectivity index (χ3v) is 5.82. The van der Waals surface area contributed by atoms with Gasteiger partial charge in [0.15, 0.2) is 5.96 Å². The van der Waals surface area contributed by atoms with Crippen LogP contribution in [-0.2, 0) is 17.8 Å². The third kappa shape index (κ3) is 7.03. The first-order valence-corrected chi connectivity index (χ1v) is 11.4. The first-order chi connectivity index (χ1) is 14.3. The van der Waals surface area contributed by atoms with E-state index in [1.165, 1.54) is 43.5 Å². The van der Waals surface area contributed by atoms with Crippen LogP contribution in [0.1, 0.15) is 50.2 Å². The number of nitrogens with one attached hydrogen (secondary N) is 2. The summed E-state index contributed by atoms with van der Waals surface area (Å²) in [4.78, 5) is 21.7. The van der Waals surface area contributed by atoms with E-state index in [1.54, 1.807) is 0 Å². The standard InChI is InChI=1S/C23H37N5O/c1-2-24-23(26-14-18-27-15-6-3-7-16-27)25-13-8-11-22(29)28-17-12-20-9-4-5-10-21(20)19-28/h4-5,9-10H,2-3,6-8,11-19H2,1H3,(H2,24,25,26). The van der Waals surface area contributed by atoms with Crippen LogP contribution < -0.4 is 10.6 Å². The largest absolute Gasteiger partial charge is 0.357 e. The zero-order valence-electron chi connectivity index (χ0n) is 18.0. The van der Waals surface area contributed by atoms with Crippen LogP contribution in [0.15, 0.2) is 29.3 Å². The summed E-state index contributed by atoms with van der Waals surface area (Å²) < 4.78 is 0. The summed E-state index contributed by atoms with van der Waals surface area (Å²) in [5, 5.41) is 6.74. The van der Waals surface area contributed by atoms with Crippen molar-refractivity contribution in [3.05, 3.63) is 35.4 Å². The molecule has 1 amide bonds. The van der Waals surface area contributed by atoms with E-state index in [0.29, 0.717) is 13.0 Å². The Kier molecular flexibility index (Phi) is 8.81. The first kappa shape index (κ1) is 21.6. The Morgan fingerprint density at radius 1 is 1.07 bits per heavy atom. The minimum absolute atomic E-state index is 0.248. The van der Waals surface area contributed by atoms with Gasteiger partial charge < -0.3 is 20.4 Å². The Balaban J connectivity index is 1.36. The van der Waals surface area contributed by atoms with E-state index in [4.69, 9.17) is 0 Å². The predicted octanol–water partition coefficient (Wildman–Crippen LogP) is 2.39. The lowest BCUT2D eigenvalue weighted by atomic mass is 9.99. The maximum atomic E-state index is 12.6. The molecule has 1 saturated heterocycles. The highest BCUT2D eigenvalue weighted by atomic mass is 16.2. The fourth-order valence-corrected chi connectivity index (χ4v) is 4.15. The summed E-state index contributed by atoms with van der Waals surface area (Å²) in [5.41, 5.74) is 2.67. The molecule has 1 aromatic rings. The molecule has 2 heterocycles. The normalized spacial score (nSPS) is 17.7. The van der Waals surface area contributed by atoms with E-state index < -0.39 is 0 Å². The van der Waals surface area contributed by atoms with Crippen molar-refractivity contribution in [2.75, 3.05) is 45.8 Å². The summed E-state index contributed by atoms with van der Waals surface area (Å²) >= 11 is 0. The predicted molar refractivity (Wildman–Crippen MR) is 119 cm³/mol. The molecule has 2 aliphatic heterocycles. The Labute approximate surface area is 175 Å². The van der Waals surface area contributed by atoms with Crippen LogP contribution in [0.4, 0.5) is 0 Å². The Hall–Kier alpha value is -2.08. The van der Waals surface area contributed by atoms with Crippen LogP contribution in [0.25, 0.3) is 0 Å². The molecule has 1 fully saturated rings. The van der Waals surface area contributed by atoms with Crippen molar-refractivity contribution < 1.29 is 4.79 Å². The molecule has 0 aromatic heterocycles. The molecule has 0 atom stereocenters. The van der Waals surface area contributed by atoms with E-state index in [1.807, 2.05) is 4.90 Å². The molecule has 6 heteroatoms. The number of rotatable bonds is 8. The number of guanidine groups is 1. The Morgan fingerprint density at radius 3 is 2.66 bits per heavy atom. The number of carbonyl (C=O) groups is 1. The molecule has 0 unspecified atom stereocenters. The lowest BCUT2D eigenvalue weighted by molar-refractivity contribution is -0.132. The number of nitrogens with zero attached hydrogens (tertiary/aromatic N) is 3. The second-order valence-corrected chi connectivity index (χ2v) is 8.03. The molecule has 1 aromatic carbocycles. The van der Waals surface area contributed by atoms with E-state index in [9.17, 15) is 4.79 Å². The molecular weight excluding hydrogens is 362 g/mol. The van der Waals surface area contributed by atoms with Gasteiger partial charge in [0.2, 0.25) is 5.91 Å². The van der Waals surface area contributed by atoms with E-state index >= 15 is 0 Å². The molecule has 3 rings (SSSR count). The van der Waals surface area contributed by atoms with Gasteiger partial charge in [-0.15, -0.1) is 0 Å². The van der Waals surface area contributed by atoms with Crippen LogP contribution in [0.2, 0.25) is 0 Å². The lowest BCUT2D eigenvalue weighted by Gasteiger charge is -2.29. The van der Waals surface area contributed by atoms with Gasteiger partial charge in [-0.05, 0) is 56.8 Å². The molecule has 0 radical (unpaired) electrons. The molecule has 2 aliphatic rings. The number of hydrogen-bond acceptors (Lipinski definition) is 3. The van der Waals surface area contributed by atoms with Gasteiger partial charge in [0.05, 0.1) is 0 Å². The van der Waals surface area contributed by atoms with Crippen LogP contribution in [0, 0.1) is 0 Å². The zero-order valence-corrected chi connectivity index (χ0v) is 18.0. The van der Waals surface area contributed by atoms with E-state index in [-0.39, 0.29) is 5.91 Å². The smallest absolute Gasteiger partial charge is 0.222 e. The number of hydrogen-bond donors (Lipinski definition) is 2. The van der Waals surface area contributed by atoms with Crippen molar-refractivity contribution in [3.8, 4) is 0 Å². The van der Waals surface area contributed by atoms with Crippen molar-refractivity contribution in [1.82, 2.24) is 20.4 Å². The van der Waals surface area contributed by atoms with Crippen molar-refractivity contribution >= 4 is 11.9 Å². The molecule has 6 nitrogen and oxygen atoms in total. The number of piperidine rings is 1. The van der Waals surface area contributed by atoms with Gasteiger partial charge in [-0.1, -0.05) is 30.7 Å². The molecule has 160 valence electrons. The quantitative estimate of drug-likeness (QED) is 0.400. The molecule has 0 spiro atoms. The average molecular weight is 400 g/mol. The second kappa shape index (κ2) is 11.8. The van der Waals surface area contributed by atoms with Crippen molar-refractivity contribution in [2.24, 2.45) is 4.99 Å². The van der Waals surface area contributed by atoms with Gasteiger partial charge in [0, 0.05) is 45.7 Å². The maximum Gasteiger partial charge on any atom is 0.222 e. The Bertz CT molecular complexity index is 669. The van der Waals surface area contributed by atoms with E-state index in [0.717, 1.165) is 51.5 Å². The number of fused-ring (bicyclic) bond motifs is 1. The number of carbonyl (C=O) groups excluding carboxylic acids is 1. The van der Waals surface area contributed by atoms with Crippen molar-refractivity contribution in [2.45, 2.75) is 52.0 Å². The summed E-state index contributed by atoms with van der Waals surface area (Å²) in [7, 11) is 0. The van der Waals surface area contributed by atoms with Crippen LogP contribution in [0.5, 0.6) is 0 Å². The summed E-state index contributed by atoms with van der Waals surface area (Å²) in [6.07, 6.45) is 6.34. The Morgan fingerprint density at radius 2 is 1.86 bits per heavy atom. The van der Waals surface area contributed by atoms with Gasteiger partial charge in [0.25, 0.3) is 0 Å². The topological polar surface area (TPSA) is 60.0 Å². The molecule has 29 heavy (non-hydrogen) atoms. The van der Waals surface area contributed by atoms with Crippen LogP contribution >= 0.6 is 0 Å². The highest BCUT2D eigenvalue weighted by molar-refractivity contribution is 5.80. The maximum absolute atomic E-state index is 12.6. The van der Waals surface area contributed by atoms with Crippen LogP contribution in [-0.4, -0.2) is 67.5 Å². The molecule has 2 N–H and O–H groups in total. The first-order valence-electron chi connectivity index (χ1n) is 11.4. The number of aliphatic imine (C=N–C) groups is 1. The van der Waals surface area contributed by atoms with E-state index in [2.05, 4.69) is 51.7 Å². The number of amides is 1. The molecular formula is C23H37N5O.